The second-order valence-corrected chi connectivity index (χ2v) is 9.28. The highest BCUT2D eigenvalue weighted by atomic mass is 32.2. The van der Waals surface area contributed by atoms with Crippen LogP contribution < -0.4 is 5.32 Å². The maximum atomic E-state index is 6.23. The summed E-state index contributed by atoms with van der Waals surface area (Å²) in [5, 5.41) is 3.70. The molecule has 2 atom stereocenters. The second-order valence-electron chi connectivity index (χ2n) is 8.06. The third-order valence-corrected chi connectivity index (χ3v) is 6.34. The van der Waals surface area contributed by atoms with E-state index in [1.165, 1.54) is 50.0 Å². The summed E-state index contributed by atoms with van der Waals surface area (Å²) in [6, 6.07) is 0.642. The van der Waals surface area contributed by atoms with Crippen molar-refractivity contribution >= 4 is 11.8 Å². The van der Waals surface area contributed by atoms with Crippen LogP contribution in [0.3, 0.4) is 0 Å². The van der Waals surface area contributed by atoms with Crippen LogP contribution in [0.1, 0.15) is 66.2 Å². The van der Waals surface area contributed by atoms with E-state index < -0.39 is 0 Å². The van der Waals surface area contributed by atoms with Gasteiger partial charge in [0.2, 0.25) is 0 Å². The van der Waals surface area contributed by atoms with Crippen LogP contribution in [0.25, 0.3) is 0 Å². The Labute approximate surface area is 136 Å². The Morgan fingerprint density at radius 2 is 2.00 bits per heavy atom. The highest BCUT2D eigenvalue weighted by Crippen LogP contribution is 2.41. The smallest absolute Gasteiger partial charge is 0.0700 e. The van der Waals surface area contributed by atoms with E-state index in [0.717, 1.165) is 19.1 Å². The lowest BCUT2D eigenvalue weighted by molar-refractivity contribution is -0.103. The topological polar surface area (TPSA) is 21.3 Å². The largest absolute Gasteiger partial charge is 0.375 e. The molecular formula is C18H35NOS. The molecule has 2 nitrogen and oxygen atoms in total. The average molecular weight is 314 g/mol. The van der Waals surface area contributed by atoms with Crippen molar-refractivity contribution in [3.63, 3.8) is 0 Å². The third-order valence-electron chi connectivity index (χ3n) is 5.36. The van der Waals surface area contributed by atoms with Crippen molar-refractivity contribution in [2.24, 2.45) is 11.3 Å². The van der Waals surface area contributed by atoms with E-state index in [1.807, 2.05) is 0 Å². The van der Waals surface area contributed by atoms with Gasteiger partial charge in [0, 0.05) is 12.6 Å². The summed E-state index contributed by atoms with van der Waals surface area (Å²) in [4.78, 5) is 0. The summed E-state index contributed by atoms with van der Waals surface area (Å²) >= 11 is 2.10. The summed E-state index contributed by atoms with van der Waals surface area (Å²) in [6.07, 6.45) is 7.84. The molecule has 3 heteroatoms. The predicted octanol–water partition coefficient (Wildman–Crippen LogP) is 4.48. The van der Waals surface area contributed by atoms with Crippen molar-refractivity contribution in [1.29, 1.82) is 0 Å². The number of hydrogen-bond acceptors (Lipinski definition) is 3. The van der Waals surface area contributed by atoms with Gasteiger partial charge >= 0.3 is 0 Å². The van der Waals surface area contributed by atoms with Crippen molar-refractivity contribution in [1.82, 2.24) is 5.32 Å². The molecule has 2 rings (SSSR count). The molecule has 0 aromatic rings. The van der Waals surface area contributed by atoms with Crippen LogP contribution in [-0.4, -0.2) is 36.3 Å². The molecule has 1 N–H and O–H groups in total. The molecule has 0 radical (unpaired) electrons. The molecule has 0 aromatic carbocycles. The molecule has 2 aliphatic heterocycles. The monoisotopic (exact) mass is 313 g/mol. The van der Waals surface area contributed by atoms with Crippen LogP contribution in [-0.2, 0) is 4.74 Å². The molecule has 0 amide bonds. The van der Waals surface area contributed by atoms with Gasteiger partial charge in [0.1, 0.15) is 0 Å². The molecule has 21 heavy (non-hydrogen) atoms. The summed E-state index contributed by atoms with van der Waals surface area (Å²) in [5.41, 5.74) is 0.615. The highest BCUT2D eigenvalue weighted by Gasteiger charge is 2.38. The van der Waals surface area contributed by atoms with Crippen molar-refractivity contribution < 1.29 is 4.74 Å². The SMILES string of the molecule is CCNC(CCC1CCOC2(CCSCC2)C1)C(C)(C)C. The molecule has 0 aliphatic carbocycles. The van der Waals surface area contributed by atoms with Crippen LogP contribution in [0.5, 0.6) is 0 Å². The van der Waals surface area contributed by atoms with Crippen LogP contribution in [0.2, 0.25) is 0 Å². The zero-order chi connectivity index (χ0) is 15.3. The van der Waals surface area contributed by atoms with E-state index in [2.05, 4.69) is 44.8 Å². The molecule has 0 saturated carbocycles. The number of rotatable bonds is 5. The van der Waals surface area contributed by atoms with E-state index in [0.29, 0.717) is 11.5 Å². The molecule has 2 fully saturated rings. The summed E-state index contributed by atoms with van der Waals surface area (Å²) in [7, 11) is 0. The number of hydrogen-bond donors (Lipinski definition) is 1. The molecule has 1 spiro atoms. The Kier molecular flexibility index (Phi) is 6.46. The molecule has 2 saturated heterocycles. The van der Waals surface area contributed by atoms with Gasteiger partial charge in [0.25, 0.3) is 0 Å². The van der Waals surface area contributed by atoms with Crippen molar-refractivity contribution in [2.75, 3.05) is 24.7 Å². The van der Waals surface area contributed by atoms with Crippen molar-refractivity contribution in [3.8, 4) is 0 Å². The standard InChI is InChI=1S/C18H35NOS/c1-5-19-16(17(2,3)4)7-6-15-8-11-20-18(14-15)9-12-21-13-10-18/h15-16,19H,5-14H2,1-4H3. The average Bonchev–Trinajstić information content (AvgIpc) is 2.43. The molecule has 2 unspecified atom stereocenters. The van der Waals surface area contributed by atoms with Gasteiger partial charge in [-0.1, -0.05) is 27.7 Å². The molecule has 2 heterocycles. The maximum Gasteiger partial charge on any atom is 0.0700 e. The normalized spacial score (nSPS) is 27.7. The van der Waals surface area contributed by atoms with Gasteiger partial charge in [-0.15, -0.1) is 0 Å². The van der Waals surface area contributed by atoms with Crippen LogP contribution in [0.15, 0.2) is 0 Å². The van der Waals surface area contributed by atoms with Gasteiger partial charge in [-0.25, -0.2) is 0 Å². The molecule has 0 bridgehead atoms. The summed E-state index contributed by atoms with van der Waals surface area (Å²) in [5.74, 6) is 3.48. The molecule has 2 aliphatic rings. The van der Waals surface area contributed by atoms with Crippen molar-refractivity contribution in [3.05, 3.63) is 0 Å². The van der Waals surface area contributed by atoms with E-state index in [1.54, 1.807) is 0 Å². The number of ether oxygens (including phenoxy) is 1. The maximum absolute atomic E-state index is 6.23. The van der Waals surface area contributed by atoms with Gasteiger partial charge in [-0.05, 0) is 67.9 Å². The predicted molar refractivity (Wildman–Crippen MR) is 94.1 cm³/mol. The first-order valence-corrected chi connectivity index (χ1v) is 10.1. The lowest BCUT2D eigenvalue weighted by atomic mass is 9.77. The minimum atomic E-state index is 0.254. The lowest BCUT2D eigenvalue weighted by Crippen LogP contribution is -2.44. The Morgan fingerprint density at radius 3 is 2.62 bits per heavy atom. The van der Waals surface area contributed by atoms with Gasteiger partial charge < -0.3 is 10.1 Å². The summed E-state index contributed by atoms with van der Waals surface area (Å²) in [6.45, 7) is 11.4. The van der Waals surface area contributed by atoms with Gasteiger partial charge in [0.15, 0.2) is 0 Å². The van der Waals surface area contributed by atoms with Crippen molar-refractivity contribution in [2.45, 2.75) is 77.9 Å². The minimum Gasteiger partial charge on any atom is -0.375 e. The fraction of sp³-hybridized carbons (Fsp3) is 1.00. The van der Waals surface area contributed by atoms with Crippen LogP contribution in [0.4, 0.5) is 0 Å². The third kappa shape index (κ3) is 5.14. The minimum absolute atomic E-state index is 0.254. The Balaban J connectivity index is 1.84. The van der Waals surface area contributed by atoms with E-state index in [4.69, 9.17) is 4.74 Å². The highest BCUT2D eigenvalue weighted by molar-refractivity contribution is 7.99. The Morgan fingerprint density at radius 1 is 1.29 bits per heavy atom. The Hall–Kier alpha value is 0.270. The summed E-state index contributed by atoms with van der Waals surface area (Å²) < 4.78 is 6.23. The van der Waals surface area contributed by atoms with E-state index in [-0.39, 0.29) is 5.60 Å². The lowest BCUT2D eigenvalue weighted by Gasteiger charge is -2.44. The van der Waals surface area contributed by atoms with Gasteiger partial charge in [0.05, 0.1) is 5.60 Å². The first kappa shape index (κ1) is 17.6. The molecular weight excluding hydrogens is 278 g/mol. The fourth-order valence-electron chi connectivity index (χ4n) is 3.96. The number of thioether (sulfide) groups is 1. The first-order chi connectivity index (χ1) is 9.95. The zero-order valence-electron chi connectivity index (χ0n) is 14.5. The molecule has 0 aromatic heterocycles. The second kappa shape index (κ2) is 7.70. The van der Waals surface area contributed by atoms with E-state index >= 15 is 0 Å². The van der Waals surface area contributed by atoms with Gasteiger partial charge in [-0.3, -0.25) is 0 Å². The zero-order valence-corrected chi connectivity index (χ0v) is 15.4. The molecule has 124 valence electrons. The van der Waals surface area contributed by atoms with Gasteiger partial charge in [-0.2, -0.15) is 11.8 Å². The quantitative estimate of drug-likeness (QED) is 0.808. The fourth-order valence-corrected chi connectivity index (χ4v) is 5.19. The van der Waals surface area contributed by atoms with E-state index in [9.17, 15) is 0 Å². The Bertz CT molecular complexity index is 301. The number of nitrogens with one attached hydrogen (secondary N) is 1. The first-order valence-electron chi connectivity index (χ1n) is 8.90. The van der Waals surface area contributed by atoms with Crippen LogP contribution in [0, 0.1) is 11.3 Å². The van der Waals surface area contributed by atoms with Crippen LogP contribution >= 0.6 is 11.8 Å².